The number of likely N-dealkylation sites (tertiary alicyclic amines) is 1. The van der Waals surface area contributed by atoms with Crippen LogP contribution in [0.1, 0.15) is 44.6 Å². The van der Waals surface area contributed by atoms with Gasteiger partial charge in [-0.3, -0.25) is 9.89 Å². The molecule has 2 N–H and O–H groups in total. The normalized spacial score (nSPS) is 20.7. The molecule has 1 atom stereocenters. The van der Waals surface area contributed by atoms with Crippen LogP contribution in [-0.4, -0.2) is 62.8 Å². The van der Waals surface area contributed by atoms with Crippen LogP contribution in [0.2, 0.25) is 0 Å². The number of hydrogen-bond acceptors (Lipinski definition) is 4. The summed E-state index contributed by atoms with van der Waals surface area (Å²) < 4.78 is 34.9. The number of ether oxygens (including phenoxy) is 2. The van der Waals surface area contributed by atoms with E-state index in [2.05, 4.69) is 25.3 Å². The Kier molecular flexibility index (Phi) is 8.54. The quantitative estimate of drug-likeness (QED) is 0.470. The second-order valence-electron chi connectivity index (χ2n) is 7.94. The average Bonchev–Trinajstić information content (AvgIpc) is 3.40. The standard InChI is InChI=1S/C22H34F2N4O2/c1-3-25-22(27-17-11-13-28(15-17)18-6-4-5-7-18)26-12-10-16-8-9-19(29-2)20(14-16)30-21(23)24/h8-9,14,17-18,21H,3-7,10-13,15H2,1-2H3,(H2,25,26,27). The molecule has 30 heavy (non-hydrogen) atoms. The predicted octanol–water partition coefficient (Wildman–Crippen LogP) is 3.41. The molecule has 2 fully saturated rings. The lowest BCUT2D eigenvalue weighted by Gasteiger charge is -2.24. The van der Waals surface area contributed by atoms with Gasteiger partial charge in [-0.25, -0.2) is 0 Å². The molecule has 0 radical (unpaired) electrons. The number of alkyl halides is 2. The molecule has 0 aromatic heterocycles. The number of nitrogens with one attached hydrogen (secondary N) is 2. The number of halogens is 2. The topological polar surface area (TPSA) is 58.1 Å². The highest BCUT2D eigenvalue weighted by Crippen LogP contribution is 2.30. The Labute approximate surface area is 178 Å². The van der Waals surface area contributed by atoms with E-state index in [0.717, 1.165) is 43.6 Å². The van der Waals surface area contributed by atoms with Gasteiger partial charge in [-0.15, -0.1) is 0 Å². The molecule has 1 unspecified atom stereocenters. The third kappa shape index (κ3) is 6.45. The van der Waals surface area contributed by atoms with Gasteiger partial charge < -0.3 is 20.1 Å². The van der Waals surface area contributed by atoms with Crippen LogP contribution in [0.25, 0.3) is 0 Å². The first-order valence-corrected chi connectivity index (χ1v) is 11.0. The lowest BCUT2D eigenvalue weighted by molar-refractivity contribution is -0.0512. The molecule has 1 heterocycles. The third-order valence-corrected chi connectivity index (χ3v) is 5.86. The molecule has 0 spiro atoms. The fraction of sp³-hybridized carbons (Fsp3) is 0.682. The van der Waals surface area contributed by atoms with Crippen LogP contribution in [0.5, 0.6) is 11.5 Å². The number of guanidine groups is 1. The number of rotatable bonds is 9. The summed E-state index contributed by atoms with van der Waals surface area (Å²) in [5.74, 6) is 1.16. The minimum Gasteiger partial charge on any atom is -0.493 e. The molecule has 6 nitrogen and oxygen atoms in total. The summed E-state index contributed by atoms with van der Waals surface area (Å²) in [5.41, 5.74) is 0.874. The molecule has 168 valence electrons. The van der Waals surface area contributed by atoms with Gasteiger partial charge in [-0.2, -0.15) is 8.78 Å². The molecule has 2 aliphatic rings. The summed E-state index contributed by atoms with van der Waals surface area (Å²) in [6.07, 6.45) is 7.14. The van der Waals surface area contributed by atoms with Gasteiger partial charge in [0.1, 0.15) is 0 Å². The fourth-order valence-corrected chi connectivity index (χ4v) is 4.38. The van der Waals surface area contributed by atoms with Crippen LogP contribution in [0, 0.1) is 0 Å². The van der Waals surface area contributed by atoms with Crippen LogP contribution in [0.4, 0.5) is 8.78 Å². The Morgan fingerprint density at radius 3 is 2.73 bits per heavy atom. The van der Waals surface area contributed by atoms with Gasteiger partial charge in [0, 0.05) is 38.3 Å². The minimum absolute atomic E-state index is 0.0528. The zero-order chi connectivity index (χ0) is 21.3. The molecular formula is C22H34F2N4O2. The Morgan fingerprint density at radius 1 is 1.23 bits per heavy atom. The fourth-order valence-electron chi connectivity index (χ4n) is 4.38. The minimum atomic E-state index is -2.88. The van der Waals surface area contributed by atoms with Crippen molar-refractivity contribution in [1.29, 1.82) is 0 Å². The van der Waals surface area contributed by atoms with Crippen LogP contribution in [0.15, 0.2) is 23.2 Å². The molecule has 3 rings (SSSR count). The zero-order valence-corrected chi connectivity index (χ0v) is 18.0. The third-order valence-electron chi connectivity index (χ3n) is 5.86. The largest absolute Gasteiger partial charge is 0.493 e. The maximum absolute atomic E-state index is 12.6. The lowest BCUT2D eigenvalue weighted by Crippen LogP contribution is -2.45. The van der Waals surface area contributed by atoms with Gasteiger partial charge in [0.05, 0.1) is 7.11 Å². The van der Waals surface area contributed by atoms with Gasteiger partial charge in [-0.05, 0) is 50.3 Å². The Bertz CT molecular complexity index is 696. The molecule has 0 amide bonds. The van der Waals surface area contributed by atoms with Crippen LogP contribution in [0.3, 0.4) is 0 Å². The molecular weight excluding hydrogens is 390 g/mol. The molecule has 1 aromatic rings. The lowest BCUT2D eigenvalue weighted by atomic mass is 10.1. The van der Waals surface area contributed by atoms with Gasteiger partial charge in [0.15, 0.2) is 17.5 Å². The Hall–Kier alpha value is -2.09. The SMILES string of the molecule is CCNC(=NCCc1ccc(OC)c(OC(F)F)c1)NC1CCN(C2CCCC2)C1. The summed E-state index contributed by atoms with van der Waals surface area (Å²) >= 11 is 0. The van der Waals surface area contributed by atoms with Crippen LogP contribution < -0.4 is 20.1 Å². The second-order valence-corrected chi connectivity index (χ2v) is 7.94. The van der Waals surface area contributed by atoms with E-state index in [0.29, 0.717) is 24.8 Å². The van der Waals surface area contributed by atoms with Crippen LogP contribution >= 0.6 is 0 Å². The highest BCUT2D eigenvalue weighted by Gasteiger charge is 2.30. The molecule has 1 aromatic carbocycles. The first kappa shape index (κ1) is 22.6. The van der Waals surface area contributed by atoms with Crippen molar-refractivity contribution in [2.24, 2.45) is 4.99 Å². The van der Waals surface area contributed by atoms with Crippen molar-refractivity contribution in [2.45, 2.75) is 64.1 Å². The summed E-state index contributed by atoms with van der Waals surface area (Å²) in [6.45, 7) is 2.73. The molecule has 8 heteroatoms. The number of methoxy groups -OCH3 is 1. The predicted molar refractivity (Wildman–Crippen MR) is 115 cm³/mol. The molecule has 1 saturated heterocycles. The van der Waals surface area contributed by atoms with E-state index in [-0.39, 0.29) is 5.75 Å². The monoisotopic (exact) mass is 424 g/mol. The summed E-state index contributed by atoms with van der Waals surface area (Å²) in [6, 6.07) is 6.27. The molecule has 1 saturated carbocycles. The number of nitrogens with zero attached hydrogens (tertiary/aromatic N) is 2. The summed E-state index contributed by atoms with van der Waals surface area (Å²) in [4.78, 5) is 7.30. The van der Waals surface area contributed by atoms with E-state index in [1.807, 2.05) is 13.0 Å². The van der Waals surface area contributed by atoms with Crippen molar-refractivity contribution in [3.05, 3.63) is 23.8 Å². The Balaban J connectivity index is 1.53. The van der Waals surface area contributed by atoms with Crippen LogP contribution in [-0.2, 0) is 6.42 Å². The van der Waals surface area contributed by atoms with E-state index in [9.17, 15) is 8.78 Å². The van der Waals surface area contributed by atoms with Gasteiger partial charge >= 0.3 is 6.61 Å². The highest BCUT2D eigenvalue weighted by molar-refractivity contribution is 5.80. The van der Waals surface area contributed by atoms with Crippen molar-refractivity contribution >= 4 is 5.96 Å². The van der Waals surface area contributed by atoms with Gasteiger partial charge in [0.25, 0.3) is 0 Å². The summed E-state index contributed by atoms with van der Waals surface area (Å²) in [5, 5.41) is 6.88. The summed E-state index contributed by atoms with van der Waals surface area (Å²) in [7, 11) is 1.43. The van der Waals surface area contributed by atoms with E-state index < -0.39 is 6.61 Å². The van der Waals surface area contributed by atoms with E-state index in [1.54, 1.807) is 12.1 Å². The van der Waals surface area contributed by atoms with Gasteiger partial charge in [0.2, 0.25) is 0 Å². The molecule has 0 bridgehead atoms. The highest BCUT2D eigenvalue weighted by atomic mass is 19.3. The van der Waals surface area contributed by atoms with Crippen molar-refractivity contribution in [3.8, 4) is 11.5 Å². The van der Waals surface area contributed by atoms with E-state index in [4.69, 9.17) is 4.74 Å². The molecule has 1 aliphatic carbocycles. The van der Waals surface area contributed by atoms with Crippen molar-refractivity contribution < 1.29 is 18.3 Å². The van der Waals surface area contributed by atoms with Gasteiger partial charge in [-0.1, -0.05) is 18.9 Å². The first-order valence-electron chi connectivity index (χ1n) is 11.0. The van der Waals surface area contributed by atoms with Crippen molar-refractivity contribution in [3.63, 3.8) is 0 Å². The first-order chi connectivity index (χ1) is 14.6. The zero-order valence-electron chi connectivity index (χ0n) is 18.0. The smallest absolute Gasteiger partial charge is 0.387 e. The molecule has 1 aliphatic heterocycles. The van der Waals surface area contributed by atoms with E-state index >= 15 is 0 Å². The van der Waals surface area contributed by atoms with Crippen molar-refractivity contribution in [2.75, 3.05) is 33.3 Å². The Morgan fingerprint density at radius 2 is 2.03 bits per heavy atom. The van der Waals surface area contributed by atoms with E-state index in [1.165, 1.54) is 32.8 Å². The second kappa shape index (κ2) is 11.3. The average molecular weight is 425 g/mol. The van der Waals surface area contributed by atoms with Crippen molar-refractivity contribution in [1.82, 2.24) is 15.5 Å². The number of hydrogen-bond donors (Lipinski definition) is 2. The number of benzene rings is 1. The maximum Gasteiger partial charge on any atom is 0.387 e. The number of aliphatic imine (C=N–C) groups is 1. The maximum atomic E-state index is 12.6.